The van der Waals surface area contributed by atoms with E-state index in [9.17, 15) is 0 Å². The highest BCUT2D eigenvalue weighted by Gasteiger charge is 2.46. The third-order valence-corrected chi connectivity index (χ3v) is 4.51. The number of halogens is 1. The van der Waals surface area contributed by atoms with Gasteiger partial charge in [-0.1, -0.05) is 36.2 Å². The zero-order valence-electron chi connectivity index (χ0n) is 11.1. The lowest BCUT2D eigenvalue weighted by molar-refractivity contribution is -0.191. The van der Waals surface area contributed by atoms with Crippen LogP contribution in [0.2, 0.25) is 5.02 Å². The zero-order valence-corrected chi connectivity index (χ0v) is 11.9. The van der Waals surface area contributed by atoms with E-state index in [2.05, 4.69) is 6.92 Å². The third-order valence-electron chi connectivity index (χ3n) is 4.14. The van der Waals surface area contributed by atoms with E-state index in [1.165, 1.54) is 19.3 Å². The van der Waals surface area contributed by atoms with Gasteiger partial charge in [0.15, 0.2) is 5.79 Å². The van der Waals surface area contributed by atoms with Crippen LogP contribution in [0.25, 0.3) is 0 Å². The molecule has 2 nitrogen and oxygen atoms in total. The van der Waals surface area contributed by atoms with E-state index in [-0.39, 0.29) is 18.0 Å². The standard InChI is InChI=1S/C16H20ClO2/c1-12-15(11-13-7-3-4-8-14(13)17)19-16(18-12)9-5-2-6-10-16/h3-4,7-8,12,15H,1-2,5-6,9-11H2/t12-,15-/m1/s1. The summed E-state index contributed by atoms with van der Waals surface area (Å²) in [4.78, 5) is 0. The van der Waals surface area contributed by atoms with Gasteiger partial charge in [-0.3, -0.25) is 0 Å². The summed E-state index contributed by atoms with van der Waals surface area (Å²) in [7, 11) is 0. The largest absolute Gasteiger partial charge is 0.344 e. The summed E-state index contributed by atoms with van der Waals surface area (Å²) in [6.45, 7) is 4.10. The van der Waals surface area contributed by atoms with Crippen LogP contribution in [0.3, 0.4) is 0 Å². The predicted molar refractivity (Wildman–Crippen MR) is 76.1 cm³/mol. The molecule has 1 saturated heterocycles. The molecule has 0 bridgehead atoms. The highest BCUT2D eigenvalue weighted by atomic mass is 35.5. The number of hydrogen-bond donors (Lipinski definition) is 0. The molecule has 1 aliphatic carbocycles. The minimum absolute atomic E-state index is 0.0120. The van der Waals surface area contributed by atoms with Gasteiger partial charge >= 0.3 is 0 Å². The summed E-state index contributed by atoms with van der Waals surface area (Å²) in [5.41, 5.74) is 1.11. The maximum Gasteiger partial charge on any atom is 0.169 e. The maximum absolute atomic E-state index is 6.22. The van der Waals surface area contributed by atoms with E-state index < -0.39 is 0 Å². The van der Waals surface area contributed by atoms with Gasteiger partial charge in [0.1, 0.15) is 0 Å². The Morgan fingerprint density at radius 1 is 1.16 bits per heavy atom. The zero-order chi connectivity index (χ0) is 13.3. The molecular weight excluding hydrogens is 260 g/mol. The quantitative estimate of drug-likeness (QED) is 0.809. The number of ether oxygens (including phenoxy) is 2. The SMILES string of the molecule is [CH2][C@H]1OC2(CCCCC2)O[C@@H]1Cc1ccccc1Cl. The molecule has 2 aliphatic rings. The number of benzene rings is 1. The third kappa shape index (κ3) is 2.81. The van der Waals surface area contributed by atoms with Gasteiger partial charge in [-0.05, 0) is 31.4 Å². The molecule has 103 valence electrons. The Kier molecular flexibility index (Phi) is 3.84. The molecule has 1 saturated carbocycles. The average Bonchev–Trinajstić information content (AvgIpc) is 2.69. The Labute approximate surface area is 120 Å². The molecule has 1 heterocycles. The van der Waals surface area contributed by atoms with Gasteiger partial charge in [-0.15, -0.1) is 0 Å². The van der Waals surface area contributed by atoms with Crippen LogP contribution in [0.4, 0.5) is 0 Å². The van der Waals surface area contributed by atoms with Crippen molar-refractivity contribution in [1.82, 2.24) is 0 Å². The van der Waals surface area contributed by atoms with Gasteiger partial charge < -0.3 is 9.47 Å². The monoisotopic (exact) mass is 279 g/mol. The molecular formula is C16H20ClO2. The molecule has 3 heteroatoms. The fraction of sp³-hybridized carbons (Fsp3) is 0.562. The molecule has 2 fully saturated rings. The first kappa shape index (κ1) is 13.4. The minimum Gasteiger partial charge on any atom is -0.344 e. The van der Waals surface area contributed by atoms with Crippen molar-refractivity contribution in [3.8, 4) is 0 Å². The van der Waals surface area contributed by atoms with Crippen LogP contribution < -0.4 is 0 Å². The molecule has 0 amide bonds. The summed E-state index contributed by atoms with van der Waals surface area (Å²) >= 11 is 6.21. The summed E-state index contributed by atoms with van der Waals surface area (Å²) in [5, 5.41) is 0.794. The van der Waals surface area contributed by atoms with Crippen molar-refractivity contribution in [2.24, 2.45) is 0 Å². The highest BCUT2D eigenvalue weighted by molar-refractivity contribution is 6.31. The first-order valence-corrected chi connectivity index (χ1v) is 7.48. The first-order valence-electron chi connectivity index (χ1n) is 7.11. The number of rotatable bonds is 2. The molecule has 1 spiro atoms. The Hall–Kier alpha value is -0.570. The van der Waals surface area contributed by atoms with E-state index >= 15 is 0 Å². The maximum atomic E-state index is 6.22. The molecule has 1 aliphatic heterocycles. The second-order valence-corrected chi connectivity index (χ2v) is 5.99. The van der Waals surface area contributed by atoms with E-state index in [4.69, 9.17) is 21.1 Å². The summed E-state index contributed by atoms with van der Waals surface area (Å²) < 4.78 is 12.3. The highest BCUT2D eigenvalue weighted by Crippen LogP contribution is 2.41. The van der Waals surface area contributed by atoms with Crippen LogP contribution >= 0.6 is 11.6 Å². The summed E-state index contributed by atoms with van der Waals surface area (Å²) in [6, 6.07) is 7.92. The fourth-order valence-corrected chi connectivity index (χ4v) is 3.32. The second kappa shape index (κ2) is 5.43. The van der Waals surface area contributed by atoms with Crippen LogP contribution in [0, 0.1) is 6.92 Å². The van der Waals surface area contributed by atoms with E-state index in [1.807, 2.05) is 24.3 Å². The van der Waals surface area contributed by atoms with Gasteiger partial charge in [0.25, 0.3) is 0 Å². The van der Waals surface area contributed by atoms with E-state index in [1.54, 1.807) is 0 Å². The Morgan fingerprint density at radius 3 is 2.63 bits per heavy atom. The second-order valence-electron chi connectivity index (χ2n) is 5.58. The van der Waals surface area contributed by atoms with Crippen molar-refractivity contribution in [2.75, 3.05) is 0 Å². The Balaban J connectivity index is 1.70. The molecule has 1 aromatic rings. The van der Waals surface area contributed by atoms with Crippen molar-refractivity contribution in [3.63, 3.8) is 0 Å². The molecule has 19 heavy (non-hydrogen) atoms. The van der Waals surface area contributed by atoms with Crippen molar-refractivity contribution in [3.05, 3.63) is 41.8 Å². The first-order chi connectivity index (χ1) is 9.19. The molecule has 2 atom stereocenters. The van der Waals surface area contributed by atoms with Crippen LogP contribution in [0.5, 0.6) is 0 Å². The van der Waals surface area contributed by atoms with Gasteiger partial charge in [0.05, 0.1) is 12.2 Å². The summed E-state index contributed by atoms with van der Waals surface area (Å²) in [6.07, 6.45) is 6.33. The van der Waals surface area contributed by atoms with Crippen LogP contribution in [0.1, 0.15) is 37.7 Å². The van der Waals surface area contributed by atoms with Crippen LogP contribution in [0.15, 0.2) is 24.3 Å². The average molecular weight is 280 g/mol. The molecule has 3 rings (SSSR count). The lowest BCUT2D eigenvalue weighted by Crippen LogP contribution is -2.33. The normalized spacial score (nSPS) is 29.8. The van der Waals surface area contributed by atoms with Crippen molar-refractivity contribution >= 4 is 11.6 Å². The van der Waals surface area contributed by atoms with Crippen molar-refractivity contribution in [1.29, 1.82) is 0 Å². The summed E-state index contributed by atoms with van der Waals surface area (Å²) in [5.74, 6) is -0.364. The van der Waals surface area contributed by atoms with Gasteiger partial charge in [-0.25, -0.2) is 0 Å². The fourth-order valence-electron chi connectivity index (χ4n) is 3.11. The molecule has 0 N–H and O–H groups in total. The number of hydrogen-bond acceptors (Lipinski definition) is 2. The Morgan fingerprint density at radius 2 is 1.89 bits per heavy atom. The minimum atomic E-state index is -0.364. The van der Waals surface area contributed by atoms with Crippen LogP contribution in [-0.4, -0.2) is 18.0 Å². The van der Waals surface area contributed by atoms with Crippen LogP contribution in [-0.2, 0) is 15.9 Å². The molecule has 1 aromatic carbocycles. The lowest BCUT2D eigenvalue weighted by atomic mass is 9.94. The lowest BCUT2D eigenvalue weighted by Gasteiger charge is -2.31. The smallest absolute Gasteiger partial charge is 0.169 e. The molecule has 1 radical (unpaired) electrons. The van der Waals surface area contributed by atoms with E-state index in [0.29, 0.717) is 0 Å². The van der Waals surface area contributed by atoms with Gasteiger partial charge in [0.2, 0.25) is 0 Å². The van der Waals surface area contributed by atoms with Crippen molar-refractivity contribution < 1.29 is 9.47 Å². The van der Waals surface area contributed by atoms with Gasteiger partial charge in [-0.2, -0.15) is 0 Å². The Bertz CT molecular complexity index is 440. The van der Waals surface area contributed by atoms with Crippen molar-refractivity contribution in [2.45, 2.75) is 56.5 Å². The predicted octanol–water partition coefficient (Wildman–Crippen LogP) is 4.16. The molecule has 0 aromatic heterocycles. The van der Waals surface area contributed by atoms with E-state index in [0.717, 1.165) is 29.8 Å². The molecule has 0 unspecified atom stereocenters. The topological polar surface area (TPSA) is 18.5 Å². The van der Waals surface area contributed by atoms with Gasteiger partial charge in [0, 0.05) is 24.3 Å².